The molecule has 0 aliphatic carbocycles. The van der Waals surface area contributed by atoms with Gasteiger partial charge in [-0.15, -0.1) is 0 Å². The molecule has 1 aromatic carbocycles. The van der Waals surface area contributed by atoms with Gasteiger partial charge in [-0.3, -0.25) is 9.48 Å². The van der Waals surface area contributed by atoms with E-state index in [0.717, 1.165) is 23.5 Å². The first kappa shape index (κ1) is 21.5. The summed E-state index contributed by atoms with van der Waals surface area (Å²) < 4.78 is 1.98. The van der Waals surface area contributed by atoms with Gasteiger partial charge >= 0.3 is 6.03 Å². The molecule has 0 aliphatic heterocycles. The van der Waals surface area contributed by atoms with Gasteiger partial charge in [0, 0.05) is 36.9 Å². The van der Waals surface area contributed by atoms with Crippen LogP contribution in [0.3, 0.4) is 0 Å². The van der Waals surface area contributed by atoms with Gasteiger partial charge in [0.1, 0.15) is 0 Å². The minimum absolute atomic E-state index is 0.0923. The summed E-state index contributed by atoms with van der Waals surface area (Å²) in [6, 6.07) is 9.20. The van der Waals surface area contributed by atoms with Gasteiger partial charge in [-0.1, -0.05) is 19.1 Å². The van der Waals surface area contributed by atoms with Crippen molar-refractivity contribution in [1.29, 1.82) is 0 Å². The van der Waals surface area contributed by atoms with Gasteiger partial charge in [-0.25, -0.2) is 4.79 Å². The zero-order valence-electron chi connectivity index (χ0n) is 17.4. The lowest BCUT2D eigenvalue weighted by Crippen LogP contribution is -2.39. The van der Waals surface area contributed by atoms with Crippen LogP contribution in [-0.2, 0) is 13.1 Å². The number of rotatable bonds is 8. The molecule has 152 valence electrons. The van der Waals surface area contributed by atoms with E-state index in [-0.39, 0.29) is 23.9 Å². The van der Waals surface area contributed by atoms with Gasteiger partial charge in [0.15, 0.2) is 0 Å². The van der Waals surface area contributed by atoms with Crippen LogP contribution in [0.5, 0.6) is 0 Å². The molecule has 2 rings (SSSR count). The Morgan fingerprint density at radius 1 is 1.07 bits per heavy atom. The number of urea groups is 1. The number of hydrogen-bond donors (Lipinski definition) is 3. The van der Waals surface area contributed by atoms with Crippen molar-refractivity contribution in [2.45, 2.75) is 53.8 Å². The molecule has 3 amide bonds. The molecule has 1 atom stereocenters. The maximum absolute atomic E-state index is 12.4. The summed E-state index contributed by atoms with van der Waals surface area (Å²) in [5, 5.41) is 13.0. The highest BCUT2D eigenvalue weighted by Crippen LogP contribution is 2.07. The highest BCUT2D eigenvalue weighted by Gasteiger charge is 2.11. The third kappa shape index (κ3) is 6.72. The summed E-state index contributed by atoms with van der Waals surface area (Å²) in [4.78, 5) is 24.0. The second kappa shape index (κ2) is 9.92. The van der Waals surface area contributed by atoms with Crippen LogP contribution in [0.25, 0.3) is 0 Å². The van der Waals surface area contributed by atoms with Gasteiger partial charge in [-0.2, -0.15) is 5.10 Å². The zero-order valence-corrected chi connectivity index (χ0v) is 17.4. The molecule has 2 aromatic rings. The van der Waals surface area contributed by atoms with E-state index in [9.17, 15) is 9.59 Å². The van der Waals surface area contributed by atoms with E-state index in [1.165, 1.54) is 0 Å². The summed E-state index contributed by atoms with van der Waals surface area (Å²) >= 11 is 0. The highest BCUT2D eigenvalue weighted by molar-refractivity contribution is 5.94. The van der Waals surface area contributed by atoms with E-state index in [2.05, 4.69) is 28.0 Å². The summed E-state index contributed by atoms with van der Waals surface area (Å²) in [6.07, 6.45) is 0. The summed E-state index contributed by atoms with van der Waals surface area (Å²) in [5.41, 5.74) is 3.68. The lowest BCUT2D eigenvalue weighted by molar-refractivity contribution is 0.0946. The molecule has 0 saturated carbocycles. The van der Waals surface area contributed by atoms with Crippen LogP contribution in [0.15, 0.2) is 30.3 Å². The number of benzene rings is 1. The predicted octanol–water partition coefficient (Wildman–Crippen LogP) is 2.77. The average Bonchev–Trinajstić information content (AvgIpc) is 2.94. The average molecular weight is 386 g/mol. The largest absolute Gasteiger partial charge is 0.352 e. The quantitative estimate of drug-likeness (QED) is 0.653. The number of aromatic nitrogens is 2. The van der Waals surface area contributed by atoms with Crippen molar-refractivity contribution >= 4 is 11.9 Å². The third-order valence-electron chi connectivity index (χ3n) is 4.29. The van der Waals surface area contributed by atoms with Crippen molar-refractivity contribution in [2.24, 2.45) is 5.92 Å². The molecule has 1 aromatic heterocycles. The Morgan fingerprint density at radius 3 is 2.32 bits per heavy atom. The maximum atomic E-state index is 12.4. The van der Waals surface area contributed by atoms with Crippen LogP contribution in [0.2, 0.25) is 0 Å². The van der Waals surface area contributed by atoms with Crippen molar-refractivity contribution in [3.63, 3.8) is 0 Å². The molecule has 0 bridgehead atoms. The van der Waals surface area contributed by atoms with Crippen LogP contribution >= 0.6 is 0 Å². The molecule has 1 heterocycles. The van der Waals surface area contributed by atoms with E-state index >= 15 is 0 Å². The monoisotopic (exact) mass is 385 g/mol. The molecular formula is C21H31N5O2. The highest BCUT2D eigenvalue weighted by atomic mass is 16.2. The molecule has 0 aliphatic rings. The van der Waals surface area contributed by atoms with Crippen molar-refractivity contribution in [1.82, 2.24) is 25.7 Å². The summed E-state index contributed by atoms with van der Waals surface area (Å²) in [7, 11) is 0. The molecule has 28 heavy (non-hydrogen) atoms. The van der Waals surface area contributed by atoms with E-state index in [0.29, 0.717) is 18.7 Å². The summed E-state index contributed by atoms with van der Waals surface area (Å²) in [5.74, 6) is 0.169. The summed E-state index contributed by atoms with van der Waals surface area (Å²) in [6.45, 7) is 11.7. The second-order valence-corrected chi connectivity index (χ2v) is 7.60. The first-order valence-electron chi connectivity index (χ1n) is 9.67. The standard InChI is InChI=1S/C21H31N5O2/c1-14(2)24-21(28)23-12-18-6-8-19(9-7-18)20(27)22-11-15(3)13-26-17(5)10-16(4)25-26/h6-10,14-15H,11-13H2,1-5H3,(H,22,27)(H2,23,24,28)/t15-/m0/s1. The van der Waals surface area contributed by atoms with Crippen molar-refractivity contribution in [2.75, 3.05) is 6.54 Å². The normalized spacial score (nSPS) is 11.9. The van der Waals surface area contributed by atoms with Crippen LogP contribution in [0.1, 0.15) is 48.1 Å². The molecule has 7 heteroatoms. The first-order chi connectivity index (χ1) is 13.2. The molecule has 0 spiro atoms. The van der Waals surface area contributed by atoms with Crippen molar-refractivity contribution < 1.29 is 9.59 Å². The van der Waals surface area contributed by atoms with E-state index in [1.54, 1.807) is 12.1 Å². The zero-order chi connectivity index (χ0) is 20.7. The Bertz CT molecular complexity index is 796. The van der Waals surface area contributed by atoms with E-state index in [4.69, 9.17) is 0 Å². The number of carbonyl (C=O) groups excluding carboxylic acids is 2. The first-order valence-corrected chi connectivity index (χ1v) is 9.67. The molecule has 0 saturated heterocycles. The van der Waals surface area contributed by atoms with E-state index in [1.807, 2.05) is 50.6 Å². The van der Waals surface area contributed by atoms with Gasteiger partial charge in [0.25, 0.3) is 5.91 Å². The minimum atomic E-state index is -0.201. The Balaban J connectivity index is 1.79. The van der Waals surface area contributed by atoms with Crippen LogP contribution in [-0.4, -0.2) is 34.3 Å². The number of aryl methyl sites for hydroxylation is 2. The fourth-order valence-corrected chi connectivity index (χ4v) is 2.86. The lowest BCUT2D eigenvalue weighted by Gasteiger charge is -2.14. The third-order valence-corrected chi connectivity index (χ3v) is 4.29. The molecule has 0 fully saturated rings. The Morgan fingerprint density at radius 2 is 1.75 bits per heavy atom. The lowest BCUT2D eigenvalue weighted by atomic mass is 10.1. The Labute approximate surface area is 166 Å². The van der Waals surface area contributed by atoms with Crippen LogP contribution in [0, 0.1) is 19.8 Å². The Kier molecular flexibility index (Phi) is 7.61. The SMILES string of the molecule is Cc1cc(C)n(C[C@@H](C)CNC(=O)c2ccc(CNC(=O)NC(C)C)cc2)n1. The number of amides is 3. The van der Waals surface area contributed by atoms with E-state index < -0.39 is 0 Å². The molecule has 7 nitrogen and oxygen atoms in total. The van der Waals surface area contributed by atoms with Crippen molar-refractivity contribution in [3.05, 3.63) is 52.8 Å². The fourth-order valence-electron chi connectivity index (χ4n) is 2.86. The maximum Gasteiger partial charge on any atom is 0.315 e. The Hall–Kier alpha value is -2.83. The smallest absolute Gasteiger partial charge is 0.315 e. The number of carbonyl (C=O) groups is 2. The van der Waals surface area contributed by atoms with Crippen molar-refractivity contribution in [3.8, 4) is 0 Å². The number of nitrogens with one attached hydrogen (secondary N) is 3. The molecular weight excluding hydrogens is 354 g/mol. The van der Waals surface area contributed by atoms with Crippen LogP contribution < -0.4 is 16.0 Å². The topological polar surface area (TPSA) is 88.0 Å². The van der Waals surface area contributed by atoms with Gasteiger partial charge < -0.3 is 16.0 Å². The van der Waals surface area contributed by atoms with Gasteiger partial charge in [-0.05, 0) is 57.4 Å². The fraction of sp³-hybridized carbons (Fsp3) is 0.476. The number of nitrogens with zero attached hydrogens (tertiary/aromatic N) is 2. The second-order valence-electron chi connectivity index (χ2n) is 7.60. The molecule has 3 N–H and O–H groups in total. The minimum Gasteiger partial charge on any atom is -0.352 e. The predicted molar refractivity (Wildman–Crippen MR) is 110 cm³/mol. The van der Waals surface area contributed by atoms with Crippen LogP contribution in [0.4, 0.5) is 4.79 Å². The van der Waals surface area contributed by atoms with Gasteiger partial charge in [0.05, 0.1) is 5.69 Å². The molecule has 0 radical (unpaired) electrons. The van der Waals surface area contributed by atoms with Gasteiger partial charge in [0.2, 0.25) is 0 Å². The number of hydrogen-bond acceptors (Lipinski definition) is 3. The molecule has 0 unspecified atom stereocenters.